The van der Waals surface area contributed by atoms with Gasteiger partial charge in [-0.05, 0) is 32.1 Å². The number of alkyl halides is 1. The predicted octanol–water partition coefficient (Wildman–Crippen LogP) is 2.59. The fraction of sp³-hybridized carbons (Fsp3) is 0.727. The molecule has 3 unspecified atom stereocenters. The third kappa shape index (κ3) is 1.45. The molecule has 0 aromatic carbocycles. The highest BCUT2D eigenvalue weighted by Crippen LogP contribution is 2.53. The molecular formula is C11H15FO2. The Bertz CT molecular complexity index is 287. The van der Waals surface area contributed by atoms with Gasteiger partial charge in [0.2, 0.25) is 0 Å². The molecule has 2 rings (SSSR count). The molecular weight excluding hydrogens is 183 g/mol. The molecule has 0 aliphatic heterocycles. The van der Waals surface area contributed by atoms with E-state index in [1.54, 1.807) is 6.92 Å². The van der Waals surface area contributed by atoms with E-state index in [9.17, 15) is 9.18 Å². The molecule has 0 radical (unpaired) electrons. The first-order valence-electron chi connectivity index (χ1n) is 5.09. The summed E-state index contributed by atoms with van der Waals surface area (Å²) in [5.41, 5.74) is 0.268. The summed E-state index contributed by atoms with van der Waals surface area (Å²) in [6, 6.07) is 0. The molecule has 0 aromatic rings. The number of carbonyl (C=O) groups excluding carboxylic acids is 1. The molecule has 2 bridgehead atoms. The zero-order chi connectivity index (χ0) is 10.3. The lowest BCUT2D eigenvalue weighted by Crippen LogP contribution is -2.35. The third-order valence-corrected chi connectivity index (χ3v) is 3.33. The van der Waals surface area contributed by atoms with E-state index in [0.717, 1.165) is 19.3 Å². The molecule has 2 saturated carbocycles. The van der Waals surface area contributed by atoms with Gasteiger partial charge in [0.1, 0.15) is 0 Å². The van der Waals surface area contributed by atoms with Crippen molar-refractivity contribution in [3.63, 3.8) is 0 Å². The maximum Gasteiger partial charge on any atom is 0.335 e. The molecule has 2 fully saturated rings. The lowest BCUT2D eigenvalue weighted by Gasteiger charge is -2.29. The summed E-state index contributed by atoms with van der Waals surface area (Å²) in [5.74, 6) is -1.95. The minimum atomic E-state index is -1.70. The van der Waals surface area contributed by atoms with Crippen molar-refractivity contribution in [3.8, 4) is 0 Å². The van der Waals surface area contributed by atoms with Crippen molar-refractivity contribution in [2.45, 2.75) is 38.5 Å². The molecule has 2 nitrogen and oxygen atoms in total. The Kier molecular flexibility index (Phi) is 2.13. The van der Waals surface area contributed by atoms with Crippen LogP contribution in [0.2, 0.25) is 0 Å². The Labute approximate surface area is 83.1 Å². The van der Waals surface area contributed by atoms with E-state index in [-0.39, 0.29) is 11.5 Å². The largest absolute Gasteiger partial charge is 0.425 e. The van der Waals surface area contributed by atoms with Crippen LogP contribution in [-0.4, -0.2) is 11.8 Å². The molecule has 0 heterocycles. The highest BCUT2D eigenvalue weighted by molar-refractivity contribution is 5.87. The van der Waals surface area contributed by atoms with Gasteiger partial charge in [0, 0.05) is 17.9 Å². The van der Waals surface area contributed by atoms with Gasteiger partial charge in [0.05, 0.1) is 0 Å². The van der Waals surface area contributed by atoms with Crippen LogP contribution in [0.5, 0.6) is 0 Å². The number of rotatable bonds is 2. The third-order valence-electron chi connectivity index (χ3n) is 3.33. The molecule has 2 aliphatic rings. The number of esters is 1. The van der Waals surface area contributed by atoms with Crippen LogP contribution in [-0.2, 0) is 9.53 Å². The smallest absolute Gasteiger partial charge is 0.335 e. The zero-order valence-corrected chi connectivity index (χ0v) is 8.38. The van der Waals surface area contributed by atoms with E-state index in [1.165, 1.54) is 0 Å². The second kappa shape index (κ2) is 3.07. The second-order valence-corrected chi connectivity index (χ2v) is 4.54. The van der Waals surface area contributed by atoms with Gasteiger partial charge in [-0.1, -0.05) is 6.58 Å². The number of hydrogen-bond acceptors (Lipinski definition) is 2. The van der Waals surface area contributed by atoms with Crippen molar-refractivity contribution >= 4 is 5.97 Å². The molecule has 3 heteroatoms. The summed E-state index contributed by atoms with van der Waals surface area (Å²) in [7, 11) is 0. The molecule has 0 N–H and O–H groups in total. The van der Waals surface area contributed by atoms with E-state index >= 15 is 0 Å². The fourth-order valence-electron chi connectivity index (χ4n) is 2.58. The first-order valence-corrected chi connectivity index (χ1v) is 5.09. The van der Waals surface area contributed by atoms with E-state index < -0.39 is 11.8 Å². The van der Waals surface area contributed by atoms with Crippen LogP contribution in [0.1, 0.15) is 32.6 Å². The predicted molar refractivity (Wildman–Crippen MR) is 50.2 cm³/mol. The van der Waals surface area contributed by atoms with Crippen molar-refractivity contribution in [1.29, 1.82) is 0 Å². The average molecular weight is 198 g/mol. The summed E-state index contributed by atoms with van der Waals surface area (Å²) < 4.78 is 19.0. The van der Waals surface area contributed by atoms with E-state index in [2.05, 4.69) is 6.58 Å². The Hall–Kier alpha value is -0.860. The molecule has 78 valence electrons. The minimum absolute atomic E-state index is 0.0733. The topological polar surface area (TPSA) is 26.3 Å². The standard InChI is InChI=1S/C11H15FO2/c1-7(2)10(13)14-11(12)6-8-3-4-9(11)5-8/h8-9H,1,3-6H2,2H3. The monoisotopic (exact) mass is 198 g/mol. The van der Waals surface area contributed by atoms with Gasteiger partial charge in [-0.2, -0.15) is 4.39 Å². The highest BCUT2D eigenvalue weighted by atomic mass is 19.2. The second-order valence-electron chi connectivity index (χ2n) is 4.54. The van der Waals surface area contributed by atoms with Gasteiger partial charge in [0.15, 0.2) is 0 Å². The number of carbonyl (C=O) groups is 1. The summed E-state index contributed by atoms with van der Waals surface area (Å²) in [6.45, 7) is 4.99. The molecule has 0 amide bonds. The SMILES string of the molecule is C=C(C)C(=O)OC1(F)CC2CCC1C2. The highest BCUT2D eigenvalue weighted by Gasteiger charge is 2.54. The molecule has 2 aliphatic carbocycles. The van der Waals surface area contributed by atoms with Crippen LogP contribution in [0.3, 0.4) is 0 Å². The van der Waals surface area contributed by atoms with Gasteiger partial charge in [0.25, 0.3) is 5.85 Å². The lowest BCUT2D eigenvalue weighted by molar-refractivity contribution is -0.191. The van der Waals surface area contributed by atoms with Crippen LogP contribution < -0.4 is 0 Å². The summed E-state index contributed by atoms with van der Waals surface area (Å²) >= 11 is 0. The minimum Gasteiger partial charge on any atom is -0.425 e. The van der Waals surface area contributed by atoms with Crippen LogP contribution in [0.4, 0.5) is 4.39 Å². The van der Waals surface area contributed by atoms with E-state index in [4.69, 9.17) is 4.74 Å². The number of hydrogen-bond donors (Lipinski definition) is 0. The van der Waals surface area contributed by atoms with Crippen LogP contribution in [0, 0.1) is 11.8 Å². The molecule has 14 heavy (non-hydrogen) atoms. The molecule has 0 aromatic heterocycles. The van der Waals surface area contributed by atoms with Gasteiger partial charge < -0.3 is 4.74 Å². The van der Waals surface area contributed by atoms with Gasteiger partial charge >= 0.3 is 5.97 Å². The van der Waals surface area contributed by atoms with E-state index in [0.29, 0.717) is 12.3 Å². The maximum absolute atomic E-state index is 14.1. The number of halogens is 1. The van der Waals surface area contributed by atoms with Gasteiger partial charge in [-0.15, -0.1) is 0 Å². The fourth-order valence-corrected chi connectivity index (χ4v) is 2.58. The number of fused-ring (bicyclic) bond motifs is 2. The Morgan fingerprint density at radius 1 is 1.57 bits per heavy atom. The quantitative estimate of drug-likeness (QED) is 0.503. The van der Waals surface area contributed by atoms with Crippen molar-refractivity contribution in [2.75, 3.05) is 0 Å². The van der Waals surface area contributed by atoms with Crippen molar-refractivity contribution in [3.05, 3.63) is 12.2 Å². The van der Waals surface area contributed by atoms with Gasteiger partial charge in [-0.3, -0.25) is 0 Å². The first kappa shape index (κ1) is 9.69. The maximum atomic E-state index is 14.1. The van der Waals surface area contributed by atoms with Crippen LogP contribution >= 0.6 is 0 Å². The van der Waals surface area contributed by atoms with Crippen LogP contribution in [0.15, 0.2) is 12.2 Å². The van der Waals surface area contributed by atoms with Crippen molar-refractivity contribution < 1.29 is 13.9 Å². The lowest BCUT2D eigenvalue weighted by atomic mass is 9.95. The average Bonchev–Trinajstić information content (AvgIpc) is 2.62. The summed E-state index contributed by atoms with van der Waals surface area (Å²) in [6.07, 6.45) is 3.20. The molecule has 0 spiro atoms. The Balaban J connectivity index is 2.04. The molecule has 3 atom stereocenters. The Morgan fingerprint density at radius 2 is 2.29 bits per heavy atom. The number of ether oxygens (including phenoxy) is 1. The first-order chi connectivity index (χ1) is 6.51. The van der Waals surface area contributed by atoms with Crippen molar-refractivity contribution in [2.24, 2.45) is 11.8 Å². The summed E-state index contributed by atoms with van der Waals surface area (Å²) in [5, 5.41) is 0. The van der Waals surface area contributed by atoms with Gasteiger partial charge in [-0.25, -0.2) is 4.79 Å². The molecule has 0 saturated heterocycles. The zero-order valence-electron chi connectivity index (χ0n) is 8.38. The van der Waals surface area contributed by atoms with E-state index in [1.807, 2.05) is 0 Å². The van der Waals surface area contributed by atoms with Crippen LogP contribution in [0.25, 0.3) is 0 Å². The van der Waals surface area contributed by atoms with Crippen molar-refractivity contribution in [1.82, 2.24) is 0 Å². The summed E-state index contributed by atoms with van der Waals surface area (Å²) in [4.78, 5) is 11.2. The Morgan fingerprint density at radius 3 is 2.71 bits per heavy atom. The normalized spacial score (nSPS) is 39.9.